The summed E-state index contributed by atoms with van der Waals surface area (Å²) in [5, 5.41) is 1.06. The SMILES string of the molecule is FS(F)(F)(F)(F)c1cc(Br)cc(N=CC=S)c1. The van der Waals surface area contributed by atoms with E-state index < -0.39 is 15.1 Å². The lowest BCUT2D eigenvalue weighted by atomic mass is 10.3. The van der Waals surface area contributed by atoms with E-state index in [-0.39, 0.29) is 16.2 Å². The number of nitrogens with zero attached hydrogens (tertiary/aromatic N) is 1. The van der Waals surface area contributed by atoms with Gasteiger partial charge in [-0.05, 0) is 18.2 Å². The van der Waals surface area contributed by atoms with Gasteiger partial charge in [0.05, 0.1) is 5.69 Å². The molecule has 96 valence electrons. The van der Waals surface area contributed by atoms with Crippen LogP contribution < -0.4 is 0 Å². The minimum Gasteiger partial charge on any atom is -0.256 e. The number of halogens is 6. The fourth-order valence-corrected chi connectivity index (χ4v) is 2.35. The molecule has 0 saturated carbocycles. The number of benzene rings is 1. The summed E-state index contributed by atoms with van der Waals surface area (Å²) in [5.74, 6) is 0. The third kappa shape index (κ3) is 4.32. The summed E-state index contributed by atoms with van der Waals surface area (Å²) in [4.78, 5) is 1.50. The Balaban J connectivity index is 3.44. The molecule has 1 nitrogen and oxygen atoms in total. The molecule has 0 aromatic heterocycles. The molecule has 9 heteroatoms. The van der Waals surface area contributed by atoms with E-state index in [4.69, 9.17) is 0 Å². The average molecular weight is 354 g/mol. The van der Waals surface area contributed by atoms with Gasteiger partial charge < -0.3 is 0 Å². The summed E-state index contributed by atoms with van der Waals surface area (Å²) in [6.45, 7) is 0. The van der Waals surface area contributed by atoms with Gasteiger partial charge in [-0.1, -0.05) is 47.6 Å². The molecular weight excluding hydrogens is 349 g/mol. The van der Waals surface area contributed by atoms with Crippen molar-refractivity contribution >= 4 is 55.6 Å². The van der Waals surface area contributed by atoms with E-state index in [0.29, 0.717) is 6.07 Å². The highest BCUT2D eigenvalue weighted by Crippen LogP contribution is 3.02. The second-order valence-electron chi connectivity index (χ2n) is 3.03. The van der Waals surface area contributed by atoms with E-state index in [1.54, 1.807) is 0 Å². The molecule has 1 rings (SSSR count). The number of aliphatic imine (C=N–C) groups is 1. The maximum atomic E-state index is 12.5. The van der Waals surface area contributed by atoms with Crippen LogP contribution in [0, 0.1) is 0 Å². The fourth-order valence-electron chi connectivity index (χ4n) is 0.962. The van der Waals surface area contributed by atoms with Gasteiger partial charge >= 0.3 is 10.2 Å². The summed E-state index contributed by atoms with van der Waals surface area (Å²) in [6, 6.07) is 1.77. The van der Waals surface area contributed by atoms with Crippen molar-refractivity contribution in [2.24, 2.45) is 4.99 Å². The Hall–Kier alpha value is -0.540. The zero-order valence-corrected chi connectivity index (χ0v) is 11.1. The maximum Gasteiger partial charge on any atom is 0.310 e. The normalized spacial score (nSPS) is 16.6. The van der Waals surface area contributed by atoms with Gasteiger partial charge in [0.25, 0.3) is 0 Å². The second-order valence-corrected chi connectivity index (χ2v) is 6.63. The Bertz CT molecular complexity index is 496. The molecule has 0 aliphatic carbocycles. The average Bonchev–Trinajstić information content (AvgIpc) is 2.10. The Morgan fingerprint density at radius 1 is 1.12 bits per heavy atom. The molecule has 17 heavy (non-hydrogen) atoms. The summed E-state index contributed by atoms with van der Waals surface area (Å²) >= 11 is 7.11. The topological polar surface area (TPSA) is 12.4 Å². The highest BCUT2D eigenvalue weighted by molar-refractivity contribution is 9.10. The van der Waals surface area contributed by atoms with Crippen LogP contribution in [0.2, 0.25) is 0 Å². The number of hydrogen-bond acceptors (Lipinski definition) is 2. The van der Waals surface area contributed by atoms with Crippen molar-refractivity contribution in [3.05, 3.63) is 22.7 Å². The summed E-state index contributed by atoms with van der Waals surface area (Å²) < 4.78 is 62.5. The van der Waals surface area contributed by atoms with Crippen molar-refractivity contribution in [3.63, 3.8) is 0 Å². The van der Waals surface area contributed by atoms with E-state index >= 15 is 0 Å². The van der Waals surface area contributed by atoms with Crippen molar-refractivity contribution in [1.29, 1.82) is 0 Å². The number of hydrogen-bond donors (Lipinski definition) is 0. The van der Waals surface area contributed by atoms with Crippen LogP contribution in [0.25, 0.3) is 0 Å². The molecule has 0 aliphatic rings. The molecule has 0 N–H and O–H groups in total. The van der Waals surface area contributed by atoms with E-state index in [9.17, 15) is 19.4 Å². The van der Waals surface area contributed by atoms with E-state index in [1.165, 1.54) is 6.07 Å². The third-order valence-corrected chi connectivity index (χ3v) is 3.29. The molecule has 0 atom stereocenters. The van der Waals surface area contributed by atoms with Gasteiger partial charge in [0.1, 0.15) is 4.90 Å². The van der Waals surface area contributed by atoms with Crippen molar-refractivity contribution in [3.8, 4) is 0 Å². The highest BCUT2D eigenvalue weighted by atomic mass is 79.9. The molecule has 0 spiro atoms. The zero-order valence-electron chi connectivity index (χ0n) is 7.92. The van der Waals surface area contributed by atoms with Crippen molar-refractivity contribution in [2.75, 3.05) is 0 Å². The minimum absolute atomic E-state index is 0.139. The fraction of sp³-hybridized carbons (Fsp3) is 0. The van der Waals surface area contributed by atoms with E-state index in [2.05, 4.69) is 33.1 Å². The van der Waals surface area contributed by atoms with Gasteiger partial charge in [-0.25, -0.2) is 0 Å². The quantitative estimate of drug-likeness (QED) is 0.379. The van der Waals surface area contributed by atoms with Gasteiger partial charge in [0.15, 0.2) is 0 Å². The standard InChI is InChI=1S/C8H5BrF5NS2/c9-6-3-7(15-1-2-16)5-8(4-6)17(10,11,12,13)14/h1-5H. The van der Waals surface area contributed by atoms with Crippen LogP contribution in [0.15, 0.2) is 32.6 Å². The van der Waals surface area contributed by atoms with Crippen molar-refractivity contribution in [1.82, 2.24) is 0 Å². The molecule has 0 radical (unpaired) electrons. The third-order valence-electron chi connectivity index (χ3n) is 1.59. The van der Waals surface area contributed by atoms with Gasteiger partial charge in [-0.3, -0.25) is 4.99 Å². The molecule has 0 saturated heterocycles. The van der Waals surface area contributed by atoms with Gasteiger partial charge in [0.2, 0.25) is 0 Å². The number of rotatable bonds is 3. The van der Waals surface area contributed by atoms with Gasteiger partial charge in [0, 0.05) is 16.1 Å². The second kappa shape index (κ2) is 3.72. The summed E-state index contributed by atoms with van der Waals surface area (Å²) in [7, 11) is -9.68. The monoisotopic (exact) mass is 353 g/mol. The van der Waals surface area contributed by atoms with Crippen LogP contribution in [0.1, 0.15) is 0 Å². The maximum absolute atomic E-state index is 12.5. The Morgan fingerprint density at radius 3 is 2.18 bits per heavy atom. The number of thiocarbonyl (C=S) groups is 1. The van der Waals surface area contributed by atoms with Crippen LogP contribution in [0.3, 0.4) is 0 Å². The lowest BCUT2D eigenvalue weighted by Gasteiger charge is -2.40. The first-order valence-corrected chi connectivity index (χ1v) is 7.16. The summed E-state index contributed by atoms with van der Waals surface area (Å²) in [5.41, 5.74) is -0.260. The van der Waals surface area contributed by atoms with Crippen LogP contribution in [0.5, 0.6) is 0 Å². The smallest absolute Gasteiger partial charge is 0.256 e. The van der Waals surface area contributed by atoms with Crippen LogP contribution >= 0.6 is 38.4 Å². The molecule has 1 aromatic rings. The Labute approximate surface area is 108 Å². The zero-order chi connectivity index (χ0) is 13.4. The van der Waals surface area contributed by atoms with Crippen molar-refractivity contribution < 1.29 is 19.4 Å². The molecule has 0 aliphatic heterocycles. The van der Waals surface area contributed by atoms with E-state index in [0.717, 1.165) is 11.6 Å². The predicted octanol–water partition coefficient (Wildman–Crippen LogP) is 5.81. The largest absolute Gasteiger partial charge is 0.310 e. The molecule has 0 heterocycles. The van der Waals surface area contributed by atoms with Gasteiger partial charge in [-0.2, -0.15) is 0 Å². The molecule has 0 bridgehead atoms. The molecule has 0 unspecified atom stereocenters. The van der Waals surface area contributed by atoms with Gasteiger partial charge in [-0.15, -0.1) is 0 Å². The highest BCUT2D eigenvalue weighted by Gasteiger charge is 2.65. The molecule has 1 aromatic carbocycles. The lowest BCUT2D eigenvalue weighted by molar-refractivity contribution is 0.364. The lowest BCUT2D eigenvalue weighted by Crippen LogP contribution is -2.05. The first kappa shape index (κ1) is 14.5. The molecule has 0 amide bonds. The molecule has 0 fully saturated rings. The summed E-state index contributed by atoms with van der Waals surface area (Å²) in [6.07, 6.45) is 1.03. The van der Waals surface area contributed by atoms with Crippen molar-refractivity contribution in [2.45, 2.75) is 4.90 Å². The molecular formula is C8H5BrF5NS2. The van der Waals surface area contributed by atoms with Crippen LogP contribution in [0.4, 0.5) is 25.1 Å². The first-order chi connectivity index (χ1) is 7.42. The minimum atomic E-state index is -9.68. The Kier molecular flexibility index (Phi) is 3.18. The Morgan fingerprint density at radius 2 is 1.71 bits per heavy atom. The first-order valence-electron chi connectivity index (χ1n) is 3.95. The van der Waals surface area contributed by atoms with Crippen LogP contribution in [-0.4, -0.2) is 11.6 Å². The van der Waals surface area contributed by atoms with E-state index in [1.807, 2.05) is 0 Å². The van der Waals surface area contributed by atoms with Crippen LogP contribution in [-0.2, 0) is 0 Å². The predicted molar refractivity (Wildman–Crippen MR) is 67.3 cm³/mol.